The van der Waals surface area contributed by atoms with Crippen LogP contribution in [0.25, 0.3) is 10.2 Å². The first-order valence-electron chi connectivity index (χ1n) is 7.43. The van der Waals surface area contributed by atoms with E-state index < -0.39 is 0 Å². The molecule has 0 spiro atoms. The highest BCUT2D eigenvalue weighted by molar-refractivity contribution is 7.18. The lowest BCUT2D eigenvalue weighted by molar-refractivity contribution is 0.0963. The maximum absolute atomic E-state index is 11.8. The van der Waals surface area contributed by atoms with Gasteiger partial charge in [0, 0.05) is 17.5 Å². The molecule has 3 aromatic rings. The van der Waals surface area contributed by atoms with Gasteiger partial charge in [-0.25, -0.2) is 9.97 Å². The molecule has 2 heterocycles. The summed E-state index contributed by atoms with van der Waals surface area (Å²) in [4.78, 5) is 22.6. The molecule has 1 amide bonds. The fourth-order valence-corrected chi connectivity index (χ4v) is 3.48. The van der Waals surface area contributed by atoms with E-state index in [4.69, 9.17) is 4.74 Å². The van der Waals surface area contributed by atoms with E-state index in [9.17, 15) is 4.79 Å². The van der Waals surface area contributed by atoms with Gasteiger partial charge in [0.25, 0.3) is 5.91 Å². The number of amides is 1. The number of anilines is 2. The number of fused-ring (bicyclic) bond motifs is 1. The average Bonchev–Trinajstić information content (AvgIpc) is 2.89. The second kappa shape index (κ2) is 6.45. The van der Waals surface area contributed by atoms with E-state index in [1.165, 1.54) is 10.4 Å². The Morgan fingerprint density at radius 1 is 1.25 bits per heavy atom. The molecule has 7 heteroatoms. The van der Waals surface area contributed by atoms with E-state index in [0.29, 0.717) is 11.3 Å². The topological polar surface area (TPSA) is 76.1 Å². The van der Waals surface area contributed by atoms with Gasteiger partial charge in [0.05, 0.1) is 18.2 Å². The van der Waals surface area contributed by atoms with Gasteiger partial charge in [-0.15, -0.1) is 11.3 Å². The highest BCUT2D eigenvalue weighted by atomic mass is 32.1. The fourth-order valence-electron chi connectivity index (χ4n) is 2.48. The third-order valence-corrected chi connectivity index (χ3v) is 5.02. The van der Waals surface area contributed by atoms with Crippen LogP contribution in [0, 0.1) is 13.8 Å². The second-order valence-electron chi connectivity index (χ2n) is 5.30. The lowest BCUT2D eigenvalue weighted by atomic mass is 10.1. The molecule has 0 saturated heterocycles. The molecular formula is C17H18N4O2S. The van der Waals surface area contributed by atoms with E-state index in [-0.39, 0.29) is 5.91 Å². The number of ether oxygens (including phenoxy) is 1. The molecule has 0 atom stereocenters. The van der Waals surface area contributed by atoms with Crippen LogP contribution in [-0.4, -0.2) is 30.0 Å². The number of nitrogens with one attached hydrogen (secondary N) is 2. The van der Waals surface area contributed by atoms with Crippen LogP contribution in [0.15, 0.2) is 24.5 Å². The molecule has 0 radical (unpaired) electrons. The molecule has 0 saturated carbocycles. The van der Waals surface area contributed by atoms with Gasteiger partial charge in [-0.05, 0) is 37.6 Å². The van der Waals surface area contributed by atoms with Gasteiger partial charge in [-0.1, -0.05) is 0 Å². The smallest absolute Gasteiger partial charge is 0.251 e. The molecule has 0 aliphatic heterocycles. The molecule has 0 fully saturated rings. The van der Waals surface area contributed by atoms with Crippen molar-refractivity contribution in [3.8, 4) is 5.75 Å². The molecule has 3 rings (SSSR count). The van der Waals surface area contributed by atoms with Crippen molar-refractivity contribution in [2.45, 2.75) is 13.8 Å². The Labute approximate surface area is 143 Å². The second-order valence-corrected chi connectivity index (χ2v) is 6.51. The van der Waals surface area contributed by atoms with E-state index in [2.05, 4.69) is 34.4 Å². The van der Waals surface area contributed by atoms with E-state index >= 15 is 0 Å². The number of aromatic nitrogens is 2. The highest BCUT2D eigenvalue weighted by Crippen LogP contribution is 2.35. The Bertz CT molecular complexity index is 920. The van der Waals surface area contributed by atoms with Crippen molar-refractivity contribution in [3.63, 3.8) is 0 Å². The number of nitrogens with zero attached hydrogens (tertiary/aromatic N) is 2. The van der Waals surface area contributed by atoms with Gasteiger partial charge >= 0.3 is 0 Å². The number of hydrogen-bond donors (Lipinski definition) is 2. The average molecular weight is 342 g/mol. The summed E-state index contributed by atoms with van der Waals surface area (Å²) in [5.41, 5.74) is 2.45. The van der Waals surface area contributed by atoms with Crippen LogP contribution in [-0.2, 0) is 0 Å². The van der Waals surface area contributed by atoms with Gasteiger partial charge in [-0.2, -0.15) is 0 Å². The van der Waals surface area contributed by atoms with E-state index in [0.717, 1.165) is 21.7 Å². The van der Waals surface area contributed by atoms with Crippen LogP contribution in [0.3, 0.4) is 0 Å². The Morgan fingerprint density at radius 2 is 2.04 bits per heavy atom. The quantitative estimate of drug-likeness (QED) is 0.760. The van der Waals surface area contributed by atoms with Crippen molar-refractivity contribution in [2.24, 2.45) is 0 Å². The molecular weight excluding hydrogens is 324 g/mol. The van der Waals surface area contributed by atoms with Crippen molar-refractivity contribution >= 4 is 39.0 Å². The fraction of sp³-hybridized carbons (Fsp3) is 0.235. The van der Waals surface area contributed by atoms with Crippen LogP contribution in [0.4, 0.5) is 11.5 Å². The molecule has 0 unspecified atom stereocenters. The predicted octanol–water partition coefficient (Wildman–Crippen LogP) is 3.42. The van der Waals surface area contributed by atoms with E-state index in [1.54, 1.807) is 44.0 Å². The Balaban J connectivity index is 2.04. The van der Waals surface area contributed by atoms with Gasteiger partial charge in [0.15, 0.2) is 0 Å². The maximum atomic E-state index is 11.8. The number of carbonyl (C=O) groups is 1. The molecule has 2 aromatic heterocycles. The van der Waals surface area contributed by atoms with Crippen molar-refractivity contribution in [2.75, 3.05) is 19.5 Å². The summed E-state index contributed by atoms with van der Waals surface area (Å²) in [7, 11) is 3.17. The maximum Gasteiger partial charge on any atom is 0.251 e. The van der Waals surface area contributed by atoms with Crippen LogP contribution < -0.4 is 15.4 Å². The summed E-state index contributed by atoms with van der Waals surface area (Å²) in [6, 6.07) is 5.25. The summed E-state index contributed by atoms with van der Waals surface area (Å²) in [5, 5.41) is 6.92. The number of rotatable bonds is 4. The summed E-state index contributed by atoms with van der Waals surface area (Å²) < 4.78 is 5.42. The van der Waals surface area contributed by atoms with Crippen molar-refractivity contribution < 1.29 is 9.53 Å². The largest absolute Gasteiger partial charge is 0.495 e. The Kier molecular flexibility index (Phi) is 4.35. The van der Waals surface area contributed by atoms with Gasteiger partial charge in [0.1, 0.15) is 22.7 Å². The van der Waals surface area contributed by atoms with Crippen LogP contribution in [0.5, 0.6) is 5.75 Å². The zero-order valence-electron chi connectivity index (χ0n) is 13.9. The summed E-state index contributed by atoms with van der Waals surface area (Å²) in [5.74, 6) is 1.15. The van der Waals surface area contributed by atoms with Gasteiger partial charge in [0.2, 0.25) is 0 Å². The minimum absolute atomic E-state index is 0.159. The lowest BCUT2D eigenvalue weighted by Gasteiger charge is -2.13. The zero-order chi connectivity index (χ0) is 17.3. The van der Waals surface area contributed by atoms with Crippen LogP contribution in [0.1, 0.15) is 20.8 Å². The first kappa shape index (κ1) is 16.2. The van der Waals surface area contributed by atoms with Crippen LogP contribution >= 0.6 is 11.3 Å². The first-order chi connectivity index (χ1) is 11.5. The third kappa shape index (κ3) is 2.78. The molecule has 24 heavy (non-hydrogen) atoms. The van der Waals surface area contributed by atoms with Gasteiger partial charge in [-0.3, -0.25) is 4.79 Å². The van der Waals surface area contributed by atoms with Crippen molar-refractivity contribution in [3.05, 3.63) is 40.5 Å². The number of carbonyl (C=O) groups excluding carboxylic acids is 1. The van der Waals surface area contributed by atoms with E-state index in [1.807, 2.05) is 6.07 Å². The minimum atomic E-state index is -0.159. The van der Waals surface area contributed by atoms with Crippen molar-refractivity contribution in [1.29, 1.82) is 0 Å². The Morgan fingerprint density at radius 3 is 2.75 bits per heavy atom. The predicted molar refractivity (Wildman–Crippen MR) is 96.6 cm³/mol. The summed E-state index contributed by atoms with van der Waals surface area (Å²) >= 11 is 1.65. The molecule has 6 nitrogen and oxygen atoms in total. The van der Waals surface area contributed by atoms with Crippen LogP contribution in [0.2, 0.25) is 0 Å². The number of benzene rings is 1. The molecule has 1 aromatic carbocycles. The standard InChI is InChI=1S/C17H18N4O2S/c1-9-10(2)24-17-14(9)15(19-8-20-17)21-12-6-5-11(16(22)18-3)7-13(12)23-4/h5-8H,1-4H3,(H,18,22)(H,19,20,21). The Hall–Kier alpha value is -2.67. The third-order valence-electron chi connectivity index (χ3n) is 3.91. The molecule has 0 aliphatic carbocycles. The minimum Gasteiger partial charge on any atom is -0.495 e. The summed E-state index contributed by atoms with van der Waals surface area (Å²) in [6.45, 7) is 4.14. The highest BCUT2D eigenvalue weighted by Gasteiger charge is 2.14. The van der Waals surface area contributed by atoms with Gasteiger partial charge < -0.3 is 15.4 Å². The number of aryl methyl sites for hydroxylation is 2. The SMILES string of the molecule is CNC(=O)c1ccc(Nc2ncnc3sc(C)c(C)c23)c(OC)c1. The lowest BCUT2D eigenvalue weighted by Crippen LogP contribution is -2.17. The zero-order valence-corrected chi connectivity index (χ0v) is 14.7. The monoisotopic (exact) mass is 342 g/mol. The number of hydrogen-bond acceptors (Lipinski definition) is 6. The molecule has 0 bridgehead atoms. The van der Waals surface area contributed by atoms with Crippen molar-refractivity contribution in [1.82, 2.24) is 15.3 Å². The normalized spacial score (nSPS) is 10.7. The molecule has 0 aliphatic rings. The number of methoxy groups -OCH3 is 1. The molecule has 2 N–H and O–H groups in total. The first-order valence-corrected chi connectivity index (χ1v) is 8.24. The summed E-state index contributed by atoms with van der Waals surface area (Å²) in [6.07, 6.45) is 1.55. The number of thiophene rings is 1. The molecule has 124 valence electrons.